The number of benzene rings is 2. The molecule has 42 heavy (non-hydrogen) atoms. The van der Waals surface area contributed by atoms with Crippen molar-refractivity contribution in [2.24, 2.45) is 0 Å². The summed E-state index contributed by atoms with van der Waals surface area (Å²) in [7, 11) is 1.29. The summed E-state index contributed by atoms with van der Waals surface area (Å²) in [4.78, 5) is 51.2. The maximum Gasteiger partial charge on any atom is 0.450 e. The van der Waals surface area contributed by atoms with Crippen LogP contribution in [0.4, 0.5) is 4.79 Å². The van der Waals surface area contributed by atoms with Crippen molar-refractivity contribution in [3.63, 3.8) is 0 Å². The number of ketones is 3. The molecule has 5 rings (SSSR count). The van der Waals surface area contributed by atoms with Gasteiger partial charge >= 0.3 is 6.09 Å². The molecule has 1 aliphatic heterocycles. The molecule has 223 valence electrons. The van der Waals surface area contributed by atoms with Gasteiger partial charge in [0.25, 0.3) is 0 Å². The highest BCUT2D eigenvalue weighted by Crippen LogP contribution is 2.52. The lowest BCUT2D eigenvalue weighted by atomic mass is 9.70. The zero-order valence-electron chi connectivity index (χ0n) is 22.4. The Morgan fingerprint density at radius 1 is 1.12 bits per heavy atom. The number of carbonyl (C=O) groups is 4. The predicted octanol–water partition coefficient (Wildman–Crippen LogP) is -0.0333. The molecule has 2 aromatic rings. The van der Waals surface area contributed by atoms with Crippen molar-refractivity contribution >= 4 is 23.4 Å². The summed E-state index contributed by atoms with van der Waals surface area (Å²) in [5, 5.41) is 67.5. The highest BCUT2D eigenvalue weighted by molar-refractivity contribution is 6.31. The number of aliphatic hydroxyl groups excluding tert-OH is 2. The molecule has 1 radical (unpaired) electrons. The van der Waals surface area contributed by atoms with Gasteiger partial charge in [0.05, 0.1) is 42.0 Å². The number of rotatable bonds is 6. The Balaban J connectivity index is 1.60. The summed E-state index contributed by atoms with van der Waals surface area (Å²) >= 11 is 0. The smallest absolute Gasteiger partial charge is 0.450 e. The van der Waals surface area contributed by atoms with Crippen LogP contribution >= 0.6 is 0 Å². The molecule has 0 saturated carbocycles. The third-order valence-corrected chi connectivity index (χ3v) is 8.05. The SMILES string of the molecule is COc1cccc2c1C(=O)c1c(O)c3c(c(O)c1C2=O)[C@](O)(C(=O)CO)C[C@@H](OC1CC(NC([O])=O)C(O)C(C)O1)C3. The molecular weight excluding hydrogens is 558 g/mol. The van der Waals surface area contributed by atoms with E-state index in [1.807, 2.05) is 0 Å². The molecule has 4 unspecified atom stereocenters. The minimum atomic E-state index is -2.68. The second-order valence-electron chi connectivity index (χ2n) is 10.5. The highest BCUT2D eigenvalue weighted by Gasteiger charge is 2.52. The normalized spacial score (nSPS) is 28.4. The minimum Gasteiger partial charge on any atom is -0.507 e. The average Bonchev–Trinajstić information content (AvgIpc) is 2.94. The number of amides is 1. The van der Waals surface area contributed by atoms with Gasteiger partial charge in [-0.25, -0.2) is 9.90 Å². The van der Waals surface area contributed by atoms with Gasteiger partial charge in [-0.3, -0.25) is 14.4 Å². The fraction of sp³-hybridized carbons (Fsp3) is 0.429. The third-order valence-electron chi connectivity index (χ3n) is 8.05. The second kappa shape index (κ2) is 10.6. The van der Waals surface area contributed by atoms with E-state index in [-0.39, 0.29) is 35.3 Å². The van der Waals surface area contributed by atoms with Crippen molar-refractivity contribution < 1.29 is 64.0 Å². The van der Waals surface area contributed by atoms with Gasteiger partial charge in [0.2, 0.25) is 5.78 Å². The van der Waals surface area contributed by atoms with Gasteiger partial charge in [0.15, 0.2) is 23.5 Å². The van der Waals surface area contributed by atoms with Crippen molar-refractivity contribution in [1.29, 1.82) is 0 Å². The topological polar surface area (TPSA) is 229 Å². The van der Waals surface area contributed by atoms with E-state index in [1.54, 1.807) is 0 Å². The zero-order valence-corrected chi connectivity index (χ0v) is 22.4. The van der Waals surface area contributed by atoms with Crippen LogP contribution in [0.2, 0.25) is 0 Å². The fourth-order valence-electron chi connectivity index (χ4n) is 6.10. The van der Waals surface area contributed by atoms with Crippen LogP contribution in [0, 0.1) is 0 Å². The fourth-order valence-corrected chi connectivity index (χ4v) is 6.10. The first kappa shape index (κ1) is 29.4. The number of aromatic hydroxyl groups is 2. The standard InChI is InChI=1S/C28H28NO13/c1-10-22(32)14(29-27(37)38)7-17(41-10)42-11-6-13-21(28(39,8-11)16(31)9-30)26(36)20-19(24(13)34)25(35)18-12(23(20)33)4-3-5-15(18)40-2/h3-5,10-11,14,17,22,29-30,32,34,36,39H,6-9H2,1-2H3/t10?,11-,14?,17?,22?,28+/m0/s1. The number of phenols is 2. The average molecular weight is 587 g/mol. The lowest BCUT2D eigenvalue weighted by Crippen LogP contribution is -2.56. The summed E-state index contributed by atoms with van der Waals surface area (Å²) in [6, 6.07) is 3.19. The highest BCUT2D eigenvalue weighted by atomic mass is 16.7. The van der Waals surface area contributed by atoms with Crippen molar-refractivity contribution in [2.45, 2.75) is 62.4 Å². The Bertz CT molecular complexity index is 1500. The lowest BCUT2D eigenvalue weighted by Gasteiger charge is -2.42. The van der Waals surface area contributed by atoms with Gasteiger partial charge < -0.3 is 45.1 Å². The zero-order chi connectivity index (χ0) is 30.7. The van der Waals surface area contributed by atoms with Crippen LogP contribution in [0.15, 0.2) is 18.2 Å². The van der Waals surface area contributed by atoms with Crippen LogP contribution in [0.1, 0.15) is 62.7 Å². The van der Waals surface area contributed by atoms with Crippen molar-refractivity contribution in [1.82, 2.24) is 5.32 Å². The number of phenolic OH excluding ortho intramolecular Hbond substituents is 2. The maximum absolute atomic E-state index is 13.6. The van der Waals surface area contributed by atoms with Gasteiger partial charge in [-0.15, -0.1) is 0 Å². The number of hydrogen-bond acceptors (Lipinski definition) is 12. The molecule has 14 heteroatoms. The third kappa shape index (κ3) is 4.48. The Morgan fingerprint density at radius 3 is 2.45 bits per heavy atom. The molecule has 1 fully saturated rings. The van der Waals surface area contributed by atoms with E-state index in [9.17, 15) is 49.8 Å². The number of aliphatic hydroxyl groups is 3. The Kier molecular flexibility index (Phi) is 7.45. The van der Waals surface area contributed by atoms with Gasteiger partial charge in [-0.05, 0) is 13.0 Å². The quantitative estimate of drug-likeness (QED) is 0.209. The first-order valence-electron chi connectivity index (χ1n) is 13.0. The van der Waals surface area contributed by atoms with E-state index < -0.39 is 101 Å². The first-order chi connectivity index (χ1) is 19.8. The Labute approximate surface area is 238 Å². The summed E-state index contributed by atoms with van der Waals surface area (Å²) in [6.07, 6.45) is -7.19. The number of nitrogens with one attached hydrogen (secondary N) is 1. The van der Waals surface area contributed by atoms with Crippen LogP contribution in [-0.2, 0) is 31.4 Å². The summed E-state index contributed by atoms with van der Waals surface area (Å²) in [5.74, 6) is -4.53. The van der Waals surface area contributed by atoms with E-state index >= 15 is 0 Å². The van der Waals surface area contributed by atoms with Crippen molar-refractivity contribution in [3.8, 4) is 17.2 Å². The number of carbonyl (C=O) groups excluding carboxylic acids is 4. The summed E-state index contributed by atoms with van der Waals surface area (Å²) in [6.45, 7) is 0.282. The molecule has 0 bridgehead atoms. The molecule has 0 spiro atoms. The minimum absolute atomic E-state index is 0.0479. The number of fused-ring (bicyclic) bond motifs is 3. The van der Waals surface area contributed by atoms with Crippen LogP contribution in [0.5, 0.6) is 17.2 Å². The van der Waals surface area contributed by atoms with Crippen molar-refractivity contribution in [3.05, 3.63) is 51.6 Å². The van der Waals surface area contributed by atoms with E-state index in [0.717, 1.165) is 0 Å². The molecular formula is C28H28NO13. The van der Waals surface area contributed by atoms with Crippen LogP contribution in [-0.4, -0.2) is 93.3 Å². The molecule has 0 aromatic heterocycles. The van der Waals surface area contributed by atoms with E-state index in [4.69, 9.17) is 14.2 Å². The molecule has 6 atom stereocenters. The Hall–Kier alpha value is -4.08. The lowest BCUT2D eigenvalue weighted by molar-refractivity contribution is -0.247. The number of Topliss-reactive ketones (excluding diaryl/α,β-unsaturated/α-hetero) is 1. The second-order valence-corrected chi connectivity index (χ2v) is 10.5. The molecule has 2 aliphatic carbocycles. The molecule has 3 aliphatic rings. The van der Waals surface area contributed by atoms with Crippen LogP contribution < -0.4 is 10.1 Å². The summed E-state index contributed by atoms with van der Waals surface area (Å²) in [5.41, 5.74) is -4.95. The first-order valence-corrected chi connectivity index (χ1v) is 13.0. The van der Waals surface area contributed by atoms with Crippen molar-refractivity contribution in [2.75, 3.05) is 13.7 Å². The van der Waals surface area contributed by atoms with Gasteiger partial charge in [0, 0.05) is 36.0 Å². The van der Waals surface area contributed by atoms with E-state index in [2.05, 4.69) is 5.32 Å². The van der Waals surface area contributed by atoms with Gasteiger partial charge in [-0.2, -0.15) is 0 Å². The molecule has 14 nitrogen and oxygen atoms in total. The largest absolute Gasteiger partial charge is 0.507 e. The van der Waals surface area contributed by atoms with Crippen LogP contribution in [0.25, 0.3) is 0 Å². The molecule has 2 aromatic carbocycles. The van der Waals surface area contributed by atoms with Gasteiger partial charge in [-0.1, -0.05) is 12.1 Å². The maximum atomic E-state index is 13.6. The number of methoxy groups -OCH3 is 1. The molecule has 1 heterocycles. The van der Waals surface area contributed by atoms with E-state index in [0.29, 0.717) is 0 Å². The molecule has 1 saturated heterocycles. The van der Waals surface area contributed by atoms with Crippen LogP contribution in [0.3, 0.4) is 0 Å². The predicted molar refractivity (Wildman–Crippen MR) is 137 cm³/mol. The Morgan fingerprint density at radius 2 is 1.81 bits per heavy atom. The van der Waals surface area contributed by atoms with E-state index in [1.165, 1.54) is 32.2 Å². The summed E-state index contributed by atoms with van der Waals surface area (Å²) < 4.78 is 16.8. The molecule has 1 amide bonds. The monoisotopic (exact) mass is 586 g/mol. The van der Waals surface area contributed by atoms with Gasteiger partial charge in [0.1, 0.15) is 30.0 Å². The molecule has 6 N–H and O–H groups in total. The number of hydrogen-bond donors (Lipinski definition) is 6. The number of ether oxygens (including phenoxy) is 3.